The number of hydrogen-bond donors (Lipinski definition) is 0. The summed E-state index contributed by atoms with van der Waals surface area (Å²) in [6.45, 7) is 3.04. The highest BCUT2D eigenvalue weighted by atomic mass is 19.3. The van der Waals surface area contributed by atoms with E-state index in [4.69, 9.17) is 14.2 Å². The number of alkyl halides is 2. The molecule has 2 heterocycles. The first-order valence-electron chi connectivity index (χ1n) is 16.0. The van der Waals surface area contributed by atoms with Crippen molar-refractivity contribution in [1.82, 2.24) is 15.1 Å². The largest absolute Gasteiger partial charge is 0.478 e. The van der Waals surface area contributed by atoms with E-state index in [1.807, 2.05) is 48.2 Å². The van der Waals surface area contributed by atoms with Gasteiger partial charge in [0.15, 0.2) is 5.82 Å². The topological polar surface area (TPSA) is 81.4 Å². The molecule has 5 fully saturated rings. The van der Waals surface area contributed by atoms with Crippen molar-refractivity contribution >= 4 is 11.6 Å². The number of pyridine rings is 1. The summed E-state index contributed by atoms with van der Waals surface area (Å²) in [4.78, 5) is 25.3. The lowest BCUT2D eigenvalue weighted by atomic mass is 9.53. The standard InChI is InChI=1S/C34H40F2N4O3/c1-2-42-28-21-26(10-19-37-28)25-4-3-5-27(20-25)40(30(41)24-8-11-34(35,36)12-9-24)22-32-13-16-33(17-14-32,18-15-32)31-38-29(39-43-31)23-6-7-23/h3-5,10,19-21,23-24H,2,6-9,11-18,22H2,1H3. The fourth-order valence-corrected chi connectivity index (χ4v) is 7.59. The van der Waals surface area contributed by atoms with Crippen LogP contribution in [0.5, 0.6) is 5.88 Å². The first kappa shape index (κ1) is 28.4. The van der Waals surface area contributed by atoms with Crippen LogP contribution in [0.15, 0.2) is 47.1 Å². The number of hydrogen-bond acceptors (Lipinski definition) is 6. The third-order valence-electron chi connectivity index (χ3n) is 10.6. The van der Waals surface area contributed by atoms with Gasteiger partial charge in [0, 0.05) is 54.6 Å². The molecule has 2 aromatic heterocycles. The Kier molecular flexibility index (Phi) is 7.25. The zero-order chi connectivity index (χ0) is 29.7. The van der Waals surface area contributed by atoms with Crippen molar-refractivity contribution in [3.05, 3.63) is 54.3 Å². The number of carbonyl (C=O) groups is 1. The normalized spacial score (nSPS) is 26.8. The Morgan fingerprint density at radius 3 is 2.40 bits per heavy atom. The van der Waals surface area contributed by atoms with E-state index in [0.29, 0.717) is 24.9 Å². The van der Waals surface area contributed by atoms with E-state index in [1.165, 1.54) is 0 Å². The molecular formula is C34H40F2N4O3. The number of fused-ring (bicyclic) bond motifs is 3. The number of rotatable bonds is 9. The van der Waals surface area contributed by atoms with Gasteiger partial charge in [0.25, 0.3) is 0 Å². The molecule has 7 nitrogen and oxygen atoms in total. The van der Waals surface area contributed by atoms with Crippen LogP contribution in [0.4, 0.5) is 14.5 Å². The fraction of sp³-hybridized carbons (Fsp3) is 0.588. The summed E-state index contributed by atoms with van der Waals surface area (Å²) in [5.41, 5.74) is 2.64. The molecule has 5 aliphatic carbocycles. The van der Waals surface area contributed by atoms with Crippen molar-refractivity contribution in [2.75, 3.05) is 18.1 Å². The van der Waals surface area contributed by atoms with Crippen LogP contribution < -0.4 is 9.64 Å². The lowest BCUT2D eigenvalue weighted by Crippen LogP contribution is -2.52. The van der Waals surface area contributed by atoms with Crippen LogP contribution in [-0.4, -0.2) is 40.1 Å². The number of benzene rings is 1. The van der Waals surface area contributed by atoms with Crippen LogP contribution in [0.25, 0.3) is 11.1 Å². The number of halogens is 2. The van der Waals surface area contributed by atoms with Crippen molar-refractivity contribution in [3.63, 3.8) is 0 Å². The van der Waals surface area contributed by atoms with Gasteiger partial charge in [-0.2, -0.15) is 4.98 Å². The summed E-state index contributed by atoms with van der Waals surface area (Å²) in [6.07, 6.45) is 9.83. The van der Waals surface area contributed by atoms with E-state index in [1.54, 1.807) is 6.20 Å². The van der Waals surface area contributed by atoms with Crippen LogP contribution in [0, 0.1) is 11.3 Å². The molecule has 0 spiro atoms. The van der Waals surface area contributed by atoms with E-state index < -0.39 is 11.8 Å². The third kappa shape index (κ3) is 5.67. The Morgan fingerprint density at radius 1 is 0.977 bits per heavy atom. The van der Waals surface area contributed by atoms with E-state index in [0.717, 1.165) is 79.9 Å². The Bertz CT molecular complexity index is 1450. The van der Waals surface area contributed by atoms with Gasteiger partial charge in [0.2, 0.25) is 23.6 Å². The van der Waals surface area contributed by atoms with E-state index in [2.05, 4.69) is 10.1 Å². The van der Waals surface area contributed by atoms with Crippen molar-refractivity contribution in [2.24, 2.45) is 11.3 Å². The van der Waals surface area contributed by atoms with Crippen LogP contribution in [-0.2, 0) is 10.2 Å². The molecule has 0 unspecified atom stereocenters. The second-order valence-corrected chi connectivity index (χ2v) is 13.4. The highest BCUT2D eigenvalue weighted by Crippen LogP contribution is 2.58. The predicted molar refractivity (Wildman–Crippen MR) is 158 cm³/mol. The Hall–Kier alpha value is -3.36. The zero-order valence-electron chi connectivity index (χ0n) is 24.9. The van der Waals surface area contributed by atoms with Gasteiger partial charge < -0.3 is 14.2 Å². The summed E-state index contributed by atoms with van der Waals surface area (Å²) in [7, 11) is 0. The lowest BCUT2D eigenvalue weighted by molar-refractivity contribution is -0.127. The monoisotopic (exact) mass is 590 g/mol. The Morgan fingerprint density at radius 2 is 1.70 bits per heavy atom. The molecule has 0 aliphatic heterocycles. The van der Waals surface area contributed by atoms with Gasteiger partial charge in [0.05, 0.1) is 6.61 Å². The smallest absolute Gasteiger partial charge is 0.248 e. The van der Waals surface area contributed by atoms with Crippen LogP contribution in [0.3, 0.4) is 0 Å². The maximum Gasteiger partial charge on any atom is 0.248 e. The molecule has 228 valence electrons. The highest BCUT2D eigenvalue weighted by molar-refractivity contribution is 5.96. The van der Waals surface area contributed by atoms with Gasteiger partial charge in [-0.15, -0.1) is 0 Å². The summed E-state index contributed by atoms with van der Waals surface area (Å²) >= 11 is 0. The molecule has 8 rings (SSSR count). The summed E-state index contributed by atoms with van der Waals surface area (Å²) in [5.74, 6) is -0.411. The highest BCUT2D eigenvalue weighted by Gasteiger charge is 2.53. The first-order valence-corrected chi connectivity index (χ1v) is 16.0. The van der Waals surface area contributed by atoms with Crippen molar-refractivity contribution in [2.45, 2.75) is 101 Å². The Labute approximate surface area is 251 Å². The molecule has 1 amide bonds. The van der Waals surface area contributed by atoms with Crippen LogP contribution in [0.1, 0.15) is 102 Å². The third-order valence-corrected chi connectivity index (χ3v) is 10.6. The molecule has 5 saturated carbocycles. The van der Waals surface area contributed by atoms with E-state index in [9.17, 15) is 13.6 Å². The molecule has 5 aliphatic rings. The Balaban J connectivity index is 1.15. The number of ether oxygens (including phenoxy) is 1. The van der Waals surface area contributed by atoms with Crippen LogP contribution in [0.2, 0.25) is 0 Å². The van der Waals surface area contributed by atoms with Gasteiger partial charge in [-0.25, -0.2) is 13.8 Å². The maximum atomic E-state index is 14.2. The molecule has 3 aromatic rings. The van der Waals surface area contributed by atoms with E-state index >= 15 is 0 Å². The minimum Gasteiger partial charge on any atom is -0.478 e. The molecule has 0 atom stereocenters. The van der Waals surface area contributed by atoms with Gasteiger partial charge >= 0.3 is 0 Å². The number of carbonyl (C=O) groups excluding carboxylic acids is 1. The molecule has 0 saturated heterocycles. The minimum absolute atomic E-state index is 0.0236. The predicted octanol–water partition coefficient (Wildman–Crippen LogP) is 7.86. The lowest BCUT2D eigenvalue weighted by Gasteiger charge is -2.53. The maximum absolute atomic E-state index is 14.2. The molecule has 9 heteroatoms. The van der Waals surface area contributed by atoms with Gasteiger partial charge in [0.1, 0.15) is 0 Å². The zero-order valence-corrected chi connectivity index (χ0v) is 24.9. The second kappa shape index (κ2) is 11.0. The molecule has 2 bridgehead atoms. The number of amides is 1. The average molecular weight is 591 g/mol. The van der Waals surface area contributed by atoms with E-state index in [-0.39, 0.29) is 42.4 Å². The number of nitrogens with zero attached hydrogens (tertiary/aromatic N) is 4. The first-order chi connectivity index (χ1) is 20.8. The molecule has 1 aromatic carbocycles. The molecule has 43 heavy (non-hydrogen) atoms. The minimum atomic E-state index is -2.68. The van der Waals surface area contributed by atoms with Gasteiger partial charge in [-0.3, -0.25) is 4.79 Å². The molecular weight excluding hydrogens is 550 g/mol. The summed E-state index contributed by atoms with van der Waals surface area (Å²) in [5, 5.41) is 4.30. The fourth-order valence-electron chi connectivity index (χ4n) is 7.59. The van der Waals surface area contributed by atoms with Gasteiger partial charge in [-0.1, -0.05) is 17.3 Å². The summed E-state index contributed by atoms with van der Waals surface area (Å²) in [6, 6.07) is 11.9. The number of aromatic nitrogens is 3. The summed E-state index contributed by atoms with van der Waals surface area (Å²) < 4.78 is 39.5. The molecule has 0 radical (unpaired) electrons. The van der Waals surface area contributed by atoms with Crippen molar-refractivity contribution in [3.8, 4) is 17.0 Å². The van der Waals surface area contributed by atoms with Gasteiger partial charge in [-0.05, 0) is 106 Å². The average Bonchev–Trinajstić information content (AvgIpc) is 3.76. The van der Waals surface area contributed by atoms with Crippen LogP contribution >= 0.6 is 0 Å². The molecule has 0 N–H and O–H groups in total. The number of anilines is 1. The SMILES string of the molecule is CCOc1cc(-c2cccc(N(CC34CCC(c5nc(C6CC6)no5)(CC3)CC4)C(=O)C3CCC(F)(F)CC3)c2)ccn1. The second-order valence-electron chi connectivity index (χ2n) is 13.4. The van der Waals surface area contributed by atoms with Crippen molar-refractivity contribution < 1.29 is 22.8 Å². The van der Waals surface area contributed by atoms with Crippen molar-refractivity contribution in [1.29, 1.82) is 0 Å². The quantitative estimate of drug-likeness (QED) is 0.252.